The molecule has 1 aromatic heterocycles. The first-order valence-corrected chi connectivity index (χ1v) is 8.39. The molecule has 0 bridgehead atoms. The molecule has 0 saturated heterocycles. The van der Waals surface area contributed by atoms with Crippen LogP contribution in [0.4, 0.5) is 0 Å². The average Bonchev–Trinajstić information content (AvgIpc) is 2.64. The maximum absolute atomic E-state index is 12.4. The normalized spacial score (nSPS) is 10.2. The minimum Gasteiger partial charge on any atom is -0.493 e. The molecule has 0 aliphatic rings. The number of hydrogen-bond donors (Lipinski definition) is 2. The van der Waals surface area contributed by atoms with Gasteiger partial charge in [-0.25, -0.2) is 4.98 Å². The highest BCUT2D eigenvalue weighted by Crippen LogP contribution is 2.27. The molecule has 25 heavy (non-hydrogen) atoms. The molecule has 1 heterocycles. The van der Waals surface area contributed by atoms with E-state index < -0.39 is 5.91 Å². The van der Waals surface area contributed by atoms with Gasteiger partial charge in [0.1, 0.15) is 5.03 Å². The number of ether oxygens (including phenoxy) is 2. The first-order valence-electron chi connectivity index (χ1n) is 7.40. The van der Waals surface area contributed by atoms with Gasteiger partial charge in [-0.3, -0.25) is 9.59 Å². The number of carbonyl (C=O) groups excluding carboxylic acids is 2. The van der Waals surface area contributed by atoms with E-state index in [9.17, 15) is 9.59 Å². The summed E-state index contributed by atoms with van der Waals surface area (Å²) in [6.07, 6.45) is 1.56. The highest BCUT2D eigenvalue weighted by Gasteiger charge is 2.14. The van der Waals surface area contributed by atoms with Crippen LogP contribution in [0.5, 0.6) is 11.5 Å². The van der Waals surface area contributed by atoms with Gasteiger partial charge >= 0.3 is 0 Å². The number of nitrogens with one attached hydrogen (secondary N) is 1. The van der Waals surface area contributed by atoms with E-state index in [-0.39, 0.29) is 11.7 Å². The standard InChI is InChI=1S/C17H19N3O4S/c1-23-13-6-5-11(8-14(13)24-2)9-20-16(22)12-4-3-7-19-17(12)25-10-15(18)21/h3-8H,9-10H2,1-2H3,(H2,18,21)(H,20,22). The smallest absolute Gasteiger partial charge is 0.254 e. The molecule has 0 saturated carbocycles. The molecular formula is C17H19N3O4S. The van der Waals surface area contributed by atoms with Gasteiger partial charge < -0.3 is 20.5 Å². The van der Waals surface area contributed by atoms with E-state index in [2.05, 4.69) is 10.3 Å². The van der Waals surface area contributed by atoms with Gasteiger partial charge in [-0.2, -0.15) is 0 Å². The largest absolute Gasteiger partial charge is 0.493 e. The first kappa shape index (κ1) is 18.6. The zero-order chi connectivity index (χ0) is 18.2. The van der Waals surface area contributed by atoms with Crippen LogP contribution in [0.2, 0.25) is 0 Å². The number of amides is 2. The van der Waals surface area contributed by atoms with Crippen LogP contribution in [0.25, 0.3) is 0 Å². The Morgan fingerprint density at radius 1 is 1.20 bits per heavy atom. The van der Waals surface area contributed by atoms with E-state index in [0.717, 1.165) is 17.3 Å². The highest BCUT2D eigenvalue weighted by molar-refractivity contribution is 8.00. The fraction of sp³-hybridized carbons (Fsp3) is 0.235. The summed E-state index contributed by atoms with van der Waals surface area (Å²) in [6.45, 7) is 0.314. The van der Waals surface area contributed by atoms with Crippen molar-refractivity contribution in [3.8, 4) is 11.5 Å². The second-order valence-electron chi connectivity index (χ2n) is 4.98. The van der Waals surface area contributed by atoms with E-state index in [4.69, 9.17) is 15.2 Å². The second kappa shape index (κ2) is 8.93. The van der Waals surface area contributed by atoms with Crippen LogP contribution in [0, 0.1) is 0 Å². The van der Waals surface area contributed by atoms with Gasteiger partial charge in [0.25, 0.3) is 5.91 Å². The number of rotatable bonds is 8. The number of pyridine rings is 1. The molecule has 1 aromatic carbocycles. The summed E-state index contributed by atoms with van der Waals surface area (Å²) in [6, 6.07) is 8.73. The molecule has 0 aliphatic heterocycles. The molecule has 0 atom stereocenters. The third-order valence-corrected chi connectivity index (χ3v) is 4.30. The quantitative estimate of drug-likeness (QED) is 0.692. The molecule has 132 valence electrons. The Morgan fingerprint density at radius 2 is 1.96 bits per heavy atom. The van der Waals surface area contributed by atoms with Gasteiger partial charge in [-0.15, -0.1) is 0 Å². The summed E-state index contributed by atoms with van der Waals surface area (Å²) in [5, 5.41) is 3.29. The molecule has 3 N–H and O–H groups in total. The molecule has 0 fully saturated rings. The van der Waals surface area contributed by atoms with Crippen molar-refractivity contribution in [2.75, 3.05) is 20.0 Å². The summed E-state index contributed by atoms with van der Waals surface area (Å²) in [7, 11) is 3.12. The first-order chi connectivity index (χ1) is 12.0. The zero-order valence-corrected chi connectivity index (χ0v) is 14.8. The molecule has 2 rings (SSSR count). The van der Waals surface area contributed by atoms with Gasteiger partial charge in [-0.05, 0) is 29.8 Å². The molecular weight excluding hydrogens is 342 g/mol. The number of benzene rings is 1. The van der Waals surface area contributed by atoms with E-state index in [1.165, 1.54) is 0 Å². The Balaban J connectivity index is 2.07. The summed E-state index contributed by atoms with van der Waals surface area (Å²) in [4.78, 5) is 27.5. The summed E-state index contributed by atoms with van der Waals surface area (Å²) in [5.41, 5.74) is 6.40. The van der Waals surface area contributed by atoms with Crippen LogP contribution in [0.3, 0.4) is 0 Å². The predicted octanol–water partition coefficient (Wildman–Crippen LogP) is 1.61. The van der Waals surface area contributed by atoms with Crippen molar-refractivity contribution in [2.24, 2.45) is 5.73 Å². The molecule has 7 nitrogen and oxygen atoms in total. The van der Waals surface area contributed by atoms with Gasteiger partial charge in [0.05, 0.1) is 25.5 Å². The average molecular weight is 361 g/mol. The minimum atomic E-state index is -0.465. The number of primary amides is 1. The van der Waals surface area contributed by atoms with Gasteiger partial charge in [-0.1, -0.05) is 17.8 Å². The minimum absolute atomic E-state index is 0.0625. The van der Waals surface area contributed by atoms with Crippen molar-refractivity contribution < 1.29 is 19.1 Å². The SMILES string of the molecule is COc1ccc(CNC(=O)c2cccnc2SCC(N)=O)cc1OC. The van der Waals surface area contributed by atoms with Gasteiger partial charge in [0.2, 0.25) is 5.91 Å². The Labute approximate surface area is 149 Å². The van der Waals surface area contributed by atoms with Crippen molar-refractivity contribution in [1.82, 2.24) is 10.3 Å². The fourth-order valence-corrected chi connectivity index (χ4v) is 2.82. The van der Waals surface area contributed by atoms with E-state index in [1.54, 1.807) is 44.7 Å². The molecule has 2 aromatic rings. The fourth-order valence-electron chi connectivity index (χ4n) is 2.09. The monoisotopic (exact) mass is 361 g/mol. The third kappa shape index (κ3) is 5.12. The number of aromatic nitrogens is 1. The molecule has 0 radical (unpaired) electrons. The van der Waals surface area contributed by atoms with Crippen LogP contribution < -0.4 is 20.5 Å². The summed E-state index contributed by atoms with van der Waals surface area (Å²) < 4.78 is 10.4. The maximum atomic E-state index is 12.4. The van der Waals surface area contributed by atoms with Crippen molar-refractivity contribution >= 4 is 23.6 Å². The lowest BCUT2D eigenvalue weighted by Gasteiger charge is -2.11. The number of methoxy groups -OCH3 is 2. The lowest BCUT2D eigenvalue weighted by molar-refractivity contribution is -0.115. The lowest BCUT2D eigenvalue weighted by Crippen LogP contribution is -2.24. The highest BCUT2D eigenvalue weighted by atomic mass is 32.2. The Morgan fingerprint density at radius 3 is 2.64 bits per heavy atom. The van der Waals surface area contributed by atoms with Crippen LogP contribution in [-0.4, -0.2) is 36.8 Å². The van der Waals surface area contributed by atoms with E-state index >= 15 is 0 Å². The molecule has 0 unspecified atom stereocenters. The van der Waals surface area contributed by atoms with E-state index in [1.807, 2.05) is 6.07 Å². The van der Waals surface area contributed by atoms with Crippen molar-refractivity contribution in [2.45, 2.75) is 11.6 Å². The number of nitrogens with two attached hydrogens (primary N) is 1. The number of carbonyl (C=O) groups is 2. The van der Waals surface area contributed by atoms with Crippen LogP contribution in [0.15, 0.2) is 41.6 Å². The van der Waals surface area contributed by atoms with Crippen molar-refractivity contribution in [3.63, 3.8) is 0 Å². The Bertz CT molecular complexity index is 767. The van der Waals surface area contributed by atoms with E-state index in [0.29, 0.717) is 28.6 Å². The van der Waals surface area contributed by atoms with Crippen LogP contribution >= 0.6 is 11.8 Å². The molecule has 0 spiro atoms. The number of hydrogen-bond acceptors (Lipinski definition) is 6. The molecule has 2 amide bonds. The molecule has 0 aliphatic carbocycles. The number of nitrogens with zero attached hydrogens (tertiary/aromatic N) is 1. The second-order valence-corrected chi connectivity index (χ2v) is 5.95. The maximum Gasteiger partial charge on any atom is 0.254 e. The van der Waals surface area contributed by atoms with Crippen LogP contribution in [-0.2, 0) is 11.3 Å². The Kier molecular flexibility index (Phi) is 6.64. The zero-order valence-electron chi connectivity index (χ0n) is 13.9. The van der Waals surface area contributed by atoms with Gasteiger partial charge in [0, 0.05) is 12.7 Å². The van der Waals surface area contributed by atoms with Crippen molar-refractivity contribution in [1.29, 1.82) is 0 Å². The number of thioether (sulfide) groups is 1. The Hall–Kier alpha value is -2.74. The predicted molar refractivity (Wildman–Crippen MR) is 94.9 cm³/mol. The van der Waals surface area contributed by atoms with Gasteiger partial charge in [0.15, 0.2) is 11.5 Å². The topological polar surface area (TPSA) is 104 Å². The van der Waals surface area contributed by atoms with Crippen molar-refractivity contribution in [3.05, 3.63) is 47.7 Å². The third-order valence-electron chi connectivity index (χ3n) is 3.27. The summed E-state index contributed by atoms with van der Waals surface area (Å²) >= 11 is 1.13. The molecule has 8 heteroatoms. The lowest BCUT2D eigenvalue weighted by atomic mass is 10.2. The summed E-state index contributed by atoms with van der Waals surface area (Å²) in [5.74, 6) is 0.526. The van der Waals surface area contributed by atoms with Crippen LogP contribution in [0.1, 0.15) is 15.9 Å².